The van der Waals surface area contributed by atoms with Gasteiger partial charge in [-0.15, -0.1) is 11.6 Å². The number of carboxylic acids is 2. The monoisotopic (exact) mass is 258 g/mol. The van der Waals surface area contributed by atoms with Crippen LogP contribution in [0.3, 0.4) is 0 Å². The first-order valence-corrected chi connectivity index (χ1v) is 5.31. The molecule has 6 heteroatoms. The van der Waals surface area contributed by atoms with E-state index in [1.807, 2.05) is 0 Å². The lowest BCUT2D eigenvalue weighted by Crippen LogP contribution is -2.11. The number of alkyl halides is 1. The zero-order valence-electron chi connectivity index (χ0n) is 9.07. The summed E-state index contributed by atoms with van der Waals surface area (Å²) in [6, 6.07) is 2.64. The third-order valence-electron chi connectivity index (χ3n) is 2.21. The molecule has 1 rings (SSSR count). The Hall–Kier alpha value is -1.75. The molecule has 0 aromatic heterocycles. The van der Waals surface area contributed by atoms with E-state index in [0.717, 1.165) is 0 Å². The Balaban J connectivity index is 3.29. The van der Waals surface area contributed by atoms with E-state index in [2.05, 4.69) is 0 Å². The molecular weight excluding hydrogens is 248 g/mol. The zero-order valence-corrected chi connectivity index (χ0v) is 9.82. The second-order valence-electron chi connectivity index (χ2n) is 3.26. The van der Waals surface area contributed by atoms with Crippen molar-refractivity contribution in [2.45, 2.75) is 6.92 Å². The topological polar surface area (TPSA) is 83.8 Å². The highest BCUT2D eigenvalue weighted by Crippen LogP contribution is 2.25. The number of aromatic carboxylic acids is 2. The highest BCUT2D eigenvalue weighted by molar-refractivity contribution is 6.18. The Morgan fingerprint density at radius 3 is 2.41 bits per heavy atom. The quantitative estimate of drug-likeness (QED) is 0.789. The lowest BCUT2D eigenvalue weighted by molar-refractivity contribution is 0.0691. The second-order valence-corrected chi connectivity index (χ2v) is 3.64. The normalized spacial score (nSPS) is 10.0. The number of ether oxygens (including phenoxy) is 1. The van der Waals surface area contributed by atoms with Gasteiger partial charge in [0, 0.05) is 0 Å². The smallest absolute Gasteiger partial charge is 0.339 e. The number of carboxylic acid groups (broad SMARTS) is 2. The molecular formula is C11H11ClO5. The number of halogens is 1. The molecule has 92 valence electrons. The molecule has 0 aliphatic carbocycles. The van der Waals surface area contributed by atoms with Crippen LogP contribution in [0.5, 0.6) is 5.75 Å². The van der Waals surface area contributed by atoms with Crippen molar-refractivity contribution in [1.82, 2.24) is 0 Å². The minimum Gasteiger partial charge on any atom is -0.491 e. The summed E-state index contributed by atoms with van der Waals surface area (Å²) in [6.07, 6.45) is 0. The Bertz CT molecular complexity index is 455. The van der Waals surface area contributed by atoms with Gasteiger partial charge in [-0.1, -0.05) is 0 Å². The van der Waals surface area contributed by atoms with Crippen LogP contribution < -0.4 is 4.74 Å². The molecule has 0 heterocycles. The summed E-state index contributed by atoms with van der Waals surface area (Å²) < 4.78 is 5.16. The van der Waals surface area contributed by atoms with Crippen LogP contribution in [0.2, 0.25) is 0 Å². The fourth-order valence-corrected chi connectivity index (χ4v) is 1.53. The summed E-state index contributed by atoms with van der Waals surface area (Å²) in [6.45, 7) is 1.59. The van der Waals surface area contributed by atoms with Crippen LogP contribution in [0.15, 0.2) is 12.1 Å². The molecule has 0 aliphatic heterocycles. The Morgan fingerprint density at radius 1 is 1.29 bits per heavy atom. The molecule has 0 saturated carbocycles. The van der Waals surface area contributed by atoms with Crippen LogP contribution in [-0.2, 0) is 0 Å². The largest absolute Gasteiger partial charge is 0.491 e. The fourth-order valence-electron chi connectivity index (χ4n) is 1.45. The molecule has 2 N–H and O–H groups in total. The molecule has 0 amide bonds. The Morgan fingerprint density at radius 2 is 1.94 bits per heavy atom. The van der Waals surface area contributed by atoms with Gasteiger partial charge in [-0.2, -0.15) is 0 Å². The molecule has 5 nitrogen and oxygen atoms in total. The minimum absolute atomic E-state index is 0.0550. The van der Waals surface area contributed by atoms with Crippen molar-refractivity contribution in [2.75, 3.05) is 12.5 Å². The maximum absolute atomic E-state index is 11.1. The van der Waals surface area contributed by atoms with Crippen molar-refractivity contribution in [3.8, 4) is 5.75 Å². The summed E-state index contributed by atoms with van der Waals surface area (Å²) in [5.41, 5.74) is -0.0345. The predicted octanol–water partition coefficient (Wildman–Crippen LogP) is 2.01. The van der Waals surface area contributed by atoms with Gasteiger partial charge in [0.25, 0.3) is 0 Å². The highest BCUT2D eigenvalue weighted by Gasteiger charge is 2.20. The molecule has 0 spiro atoms. The maximum Gasteiger partial charge on any atom is 0.339 e. The summed E-state index contributed by atoms with van der Waals surface area (Å²) in [5, 5.41) is 17.9. The van der Waals surface area contributed by atoms with Crippen molar-refractivity contribution in [3.63, 3.8) is 0 Å². The molecule has 0 saturated heterocycles. The van der Waals surface area contributed by atoms with E-state index in [1.165, 1.54) is 19.1 Å². The average molecular weight is 259 g/mol. The van der Waals surface area contributed by atoms with Gasteiger partial charge in [-0.05, 0) is 24.6 Å². The van der Waals surface area contributed by atoms with Crippen LogP contribution in [-0.4, -0.2) is 34.6 Å². The fraction of sp³-hybridized carbons (Fsp3) is 0.273. The van der Waals surface area contributed by atoms with E-state index in [0.29, 0.717) is 0 Å². The summed E-state index contributed by atoms with van der Waals surface area (Å²) in [5.74, 6) is -2.05. The molecule has 0 atom stereocenters. The first-order valence-electron chi connectivity index (χ1n) is 4.78. The number of benzene rings is 1. The van der Waals surface area contributed by atoms with Gasteiger partial charge in [0.2, 0.25) is 0 Å². The second kappa shape index (κ2) is 5.54. The van der Waals surface area contributed by atoms with Crippen LogP contribution >= 0.6 is 11.6 Å². The van der Waals surface area contributed by atoms with E-state index < -0.39 is 11.9 Å². The standard InChI is InChI=1S/C11H11ClO5/c1-6-7(10(13)14)2-3-8(17-5-4-12)9(6)11(15)16/h2-3H,4-5H2,1H3,(H,13,14)(H,15,16). The molecule has 0 unspecified atom stereocenters. The van der Waals surface area contributed by atoms with Gasteiger partial charge < -0.3 is 14.9 Å². The maximum atomic E-state index is 11.1. The number of hydrogen-bond acceptors (Lipinski definition) is 3. The molecule has 0 aliphatic rings. The van der Waals surface area contributed by atoms with E-state index in [-0.39, 0.29) is 34.9 Å². The van der Waals surface area contributed by atoms with Gasteiger partial charge in [0.05, 0.1) is 11.4 Å². The summed E-state index contributed by atoms with van der Waals surface area (Å²) in [7, 11) is 0. The average Bonchev–Trinajstić information content (AvgIpc) is 2.25. The van der Waals surface area contributed by atoms with Crippen LogP contribution in [0.4, 0.5) is 0 Å². The van der Waals surface area contributed by atoms with Gasteiger partial charge in [0.1, 0.15) is 17.9 Å². The minimum atomic E-state index is -1.23. The number of carbonyl (C=O) groups is 2. The SMILES string of the molecule is Cc1c(C(=O)O)ccc(OCCCl)c1C(=O)O. The van der Waals surface area contributed by atoms with Gasteiger partial charge in [-0.25, -0.2) is 9.59 Å². The third kappa shape index (κ3) is 2.88. The van der Waals surface area contributed by atoms with E-state index >= 15 is 0 Å². The zero-order chi connectivity index (χ0) is 13.0. The van der Waals surface area contributed by atoms with E-state index in [4.69, 9.17) is 26.6 Å². The van der Waals surface area contributed by atoms with Gasteiger partial charge >= 0.3 is 11.9 Å². The molecule has 0 bridgehead atoms. The molecule has 0 fully saturated rings. The lowest BCUT2D eigenvalue weighted by Gasteiger charge is -2.11. The highest BCUT2D eigenvalue weighted by atomic mass is 35.5. The Labute approximate surface area is 103 Å². The van der Waals surface area contributed by atoms with Crippen molar-refractivity contribution >= 4 is 23.5 Å². The molecule has 17 heavy (non-hydrogen) atoms. The van der Waals surface area contributed by atoms with Crippen molar-refractivity contribution in [3.05, 3.63) is 28.8 Å². The van der Waals surface area contributed by atoms with Crippen molar-refractivity contribution < 1.29 is 24.5 Å². The molecule has 1 aromatic carbocycles. The van der Waals surface area contributed by atoms with Crippen LogP contribution in [0, 0.1) is 6.92 Å². The summed E-state index contributed by atoms with van der Waals surface area (Å²) >= 11 is 5.44. The Kier molecular flexibility index (Phi) is 4.34. The molecule has 1 aromatic rings. The summed E-state index contributed by atoms with van der Waals surface area (Å²) in [4.78, 5) is 21.9. The number of hydrogen-bond donors (Lipinski definition) is 2. The van der Waals surface area contributed by atoms with Crippen LogP contribution in [0.25, 0.3) is 0 Å². The number of rotatable bonds is 5. The van der Waals surface area contributed by atoms with Gasteiger partial charge in [0.15, 0.2) is 0 Å². The van der Waals surface area contributed by atoms with E-state index in [9.17, 15) is 9.59 Å². The first-order chi connectivity index (χ1) is 7.99. The van der Waals surface area contributed by atoms with Crippen molar-refractivity contribution in [1.29, 1.82) is 0 Å². The van der Waals surface area contributed by atoms with Crippen molar-refractivity contribution in [2.24, 2.45) is 0 Å². The first kappa shape index (κ1) is 13.3. The third-order valence-corrected chi connectivity index (χ3v) is 2.36. The van der Waals surface area contributed by atoms with E-state index in [1.54, 1.807) is 0 Å². The van der Waals surface area contributed by atoms with Crippen LogP contribution in [0.1, 0.15) is 26.3 Å². The van der Waals surface area contributed by atoms with Gasteiger partial charge in [-0.3, -0.25) is 0 Å². The predicted molar refractivity (Wildman–Crippen MR) is 61.3 cm³/mol. The lowest BCUT2D eigenvalue weighted by atomic mass is 10.0. The molecule has 0 radical (unpaired) electrons.